The number of anilines is 1. The highest BCUT2D eigenvalue weighted by Crippen LogP contribution is 2.36. The minimum atomic E-state index is -4.64. The maximum atomic E-state index is 13.1. The van der Waals surface area contributed by atoms with Crippen molar-refractivity contribution in [2.24, 2.45) is 5.92 Å². The third-order valence-corrected chi connectivity index (χ3v) is 3.02. The van der Waals surface area contributed by atoms with Gasteiger partial charge < -0.3 is 15.7 Å². The Kier molecular flexibility index (Phi) is 5.78. The summed E-state index contributed by atoms with van der Waals surface area (Å²) in [6, 6.07) is 2.31. The molecule has 1 amide bonds. The lowest BCUT2D eigenvalue weighted by molar-refractivity contribution is -0.140. The molecule has 0 saturated heterocycles. The van der Waals surface area contributed by atoms with Crippen LogP contribution in [0, 0.1) is 5.92 Å². The van der Waals surface area contributed by atoms with Crippen molar-refractivity contribution >= 4 is 18.1 Å². The zero-order chi connectivity index (χ0) is 16.9. The molecule has 1 aromatic rings. The van der Waals surface area contributed by atoms with E-state index in [2.05, 4.69) is 10.6 Å². The summed E-state index contributed by atoms with van der Waals surface area (Å²) in [5, 5.41) is 13.8. The third-order valence-electron chi connectivity index (χ3n) is 3.02. The number of carboxylic acid groups (broad SMARTS) is 1. The van der Waals surface area contributed by atoms with Crippen LogP contribution in [-0.2, 0) is 22.3 Å². The number of carbonyl (C=O) groups excluding carboxylic acids is 1. The van der Waals surface area contributed by atoms with Crippen molar-refractivity contribution in [3.63, 3.8) is 0 Å². The monoisotopic (exact) mass is 318 g/mol. The van der Waals surface area contributed by atoms with Crippen LogP contribution in [0.25, 0.3) is 0 Å². The Morgan fingerprint density at radius 1 is 1.36 bits per heavy atom. The molecule has 3 N–H and O–H groups in total. The van der Waals surface area contributed by atoms with Crippen LogP contribution < -0.4 is 10.6 Å². The zero-order valence-electron chi connectivity index (χ0n) is 12.1. The molecule has 1 unspecified atom stereocenters. The van der Waals surface area contributed by atoms with Gasteiger partial charge in [-0.15, -0.1) is 0 Å². The van der Waals surface area contributed by atoms with Gasteiger partial charge in [0.1, 0.15) is 6.04 Å². The van der Waals surface area contributed by atoms with Crippen molar-refractivity contribution in [3.8, 4) is 0 Å². The lowest BCUT2D eigenvalue weighted by Gasteiger charge is -2.22. The average molecular weight is 318 g/mol. The van der Waals surface area contributed by atoms with Gasteiger partial charge in [0.05, 0.1) is 5.56 Å². The quantitative estimate of drug-likeness (QED) is 0.675. The number of halogens is 3. The topological polar surface area (TPSA) is 78.4 Å². The molecule has 1 aromatic carbocycles. The Bertz CT molecular complexity index is 545. The van der Waals surface area contributed by atoms with Crippen LogP contribution in [0.5, 0.6) is 0 Å². The molecule has 8 heteroatoms. The molecule has 0 spiro atoms. The molecule has 0 aliphatic carbocycles. The van der Waals surface area contributed by atoms with Gasteiger partial charge in [-0.2, -0.15) is 13.2 Å². The van der Waals surface area contributed by atoms with Crippen molar-refractivity contribution in [3.05, 3.63) is 29.3 Å². The summed E-state index contributed by atoms with van der Waals surface area (Å²) in [6.45, 7) is 3.16. The molecule has 1 atom stereocenters. The molecule has 5 nitrogen and oxygen atoms in total. The Morgan fingerprint density at radius 3 is 2.45 bits per heavy atom. The van der Waals surface area contributed by atoms with Crippen molar-refractivity contribution in [1.82, 2.24) is 5.32 Å². The first-order valence-corrected chi connectivity index (χ1v) is 6.53. The van der Waals surface area contributed by atoms with E-state index in [1.165, 1.54) is 12.1 Å². The van der Waals surface area contributed by atoms with Crippen LogP contribution in [0.3, 0.4) is 0 Å². The Labute approximate surface area is 125 Å². The summed E-state index contributed by atoms with van der Waals surface area (Å²) in [6.07, 6.45) is -4.25. The van der Waals surface area contributed by atoms with Crippen molar-refractivity contribution in [1.29, 1.82) is 0 Å². The Balaban J connectivity index is 3.17. The number of benzene rings is 1. The first-order chi connectivity index (χ1) is 10.2. The van der Waals surface area contributed by atoms with Crippen LogP contribution in [-0.4, -0.2) is 23.5 Å². The number of amides is 1. The van der Waals surface area contributed by atoms with Gasteiger partial charge in [0, 0.05) is 12.2 Å². The fraction of sp³-hybridized carbons (Fsp3) is 0.429. The molecule has 0 aromatic heterocycles. The lowest BCUT2D eigenvalue weighted by atomic mass is 10.0. The number of aliphatic carboxylic acids is 1. The highest BCUT2D eigenvalue weighted by molar-refractivity contribution is 5.78. The van der Waals surface area contributed by atoms with E-state index in [9.17, 15) is 22.8 Å². The second-order valence-electron chi connectivity index (χ2n) is 5.08. The first kappa shape index (κ1) is 17.8. The molecule has 0 aliphatic rings. The SMILES string of the molecule is CC(C)C(Nc1ccc(CNC=O)cc1C(F)(F)F)C(=O)O. The van der Waals surface area contributed by atoms with Crippen LogP contribution in [0.2, 0.25) is 0 Å². The minimum absolute atomic E-state index is 0.0423. The zero-order valence-corrected chi connectivity index (χ0v) is 12.1. The first-order valence-electron chi connectivity index (χ1n) is 6.53. The van der Waals surface area contributed by atoms with Crippen LogP contribution in [0.1, 0.15) is 25.0 Å². The summed E-state index contributed by atoms with van der Waals surface area (Å²) < 4.78 is 39.4. The predicted octanol–water partition coefficient (Wildman–Crippen LogP) is 2.47. The highest BCUT2D eigenvalue weighted by atomic mass is 19.4. The number of hydrogen-bond acceptors (Lipinski definition) is 3. The number of carbonyl (C=O) groups is 2. The normalized spacial score (nSPS) is 12.8. The summed E-state index contributed by atoms with van der Waals surface area (Å²) in [4.78, 5) is 21.3. The van der Waals surface area contributed by atoms with E-state index in [0.717, 1.165) is 6.07 Å². The standard InChI is InChI=1S/C14H17F3N2O3/c1-8(2)12(13(21)22)19-11-4-3-9(6-18-7-20)5-10(11)14(15,16)17/h3-5,7-8,12,19H,6H2,1-2H3,(H,18,20)(H,21,22). The van der Waals surface area contributed by atoms with Crippen LogP contribution in [0.4, 0.5) is 18.9 Å². The third kappa shape index (κ3) is 4.64. The maximum absolute atomic E-state index is 13.1. The summed E-state index contributed by atoms with van der Waals surface area (Å²) in [7, 11) is 0. The number of rotatable bonds is 7. The van der Waals surface area contributed by atoms with E-state index in [-0.39, 0.29) is 17.8 Å². The summed E-state index contributed by atoms with van der Waals surface area (Å²) >= 11 is 0. The molecule has 0 saturated carbocycles. The number of nitrogens with one attached hydrogen (secondary N) is 2. The molecule has 22 heavy (non-hydrogen) atoms. The van der Waals surface area contributed by atoms with Crippen molar-refractivity contribution in [2.75, 3.05) is 5.32 Å². The van der Waals surface area contributed by atoms with Gasteiger partial charge in [0.2, 0.25) is 6.41 Å². The average Bonchev–Trinajstić information content (AvgIpc) is 2.41. The van der Waals surface area contributed by atoms with Gasteiger partial charge >= 0.3 is 12.1 Å². The molecule has 122 valence electrons. The minimum Gasteiger partial charge on any atom is -0.480 e. The van der Waals surface area contributed by atoms with Gasteiger partial charge in [-0.3, -0.25) is 4.79 Å². The molecule has 0 radical (unpaired) electrons. The Morgan fingerprint density at radius 2 is 2.00 bits per heavy atom. The van der Waals surface area contributed by atoms with E-state index in [0.29, 0.717) is 6.41 Å². The predicted molar refractivity (Wildman–Crippen MR) is 74.2 cm³/mol. The van der Waals surface area contributed by atoms with E-state index in [1.807, 2.05) is 0 Å². The second kappa shape index (κ2) is 7.15. The molecule has 1 rings (SSSR count). The molecular formula is C14H17F3N2O3. The van der Waals surface area contributed by atoms with E-state index in [4.69, 9.17) is 5.11 Å². The van der Waals surface area contributed by atoms with Gasteiger partial charge in [0.25, 0.3) is 0 Å². The van der Waals surface area contributed by atoms with Gasteiger partial charge in [-0.05, 0) is 23.6 Å². The fourth-order valence-electron chi connectivity index (χ4n) is 1.90. The molecule has 0 fully saturated rings. The molecule has 0 bridgehead atoms. The molecular weight excluding hydrogens is 301 g/mol. The second-order valence-corrected chi connectivity index (χ2v) is 5.08. The number of hydrogen-bond donors (Lipinski definition) is 3. The van der Waals surface area contributed by atoms with Crippen LogP contribution in [0.15, 0.2) is 18.2 Å². The fourth-order valence-corrected chi connectivity index (χ4v) is 1.90. The summed E-state index contributed by atoms with van der Waals surface area (Å²) in [5.74, 6) is -1.62. The maximum Gasteiger partial charge on any atom is 0.418 e. The molecule has 0 aliphatic heterocycles. The number of carboxylic acids is 1. The largest absolute Gasteiger partial charge is 0.480 e. The van der Waals surface area contributed by atoms with Gasteiger partial charge in [-0.25, -0.2) is 4.79 Å². The lowest BCUT2D eigenvalue weighted by Crippen LogP contribution is -2.35. The van der Waals surface area contributed by atoms with E-state index >= 15 is 0 Å². The summed E-state index contributed by atoms with van der Waals surface area (Å²) in [5.41, 5.74) is -1.01. The Hall–Kier alpha value is -2.25. The number of alkyl halides is 3. The van der Waals surface area contributed by atoms with Gasteiger partial charge in [0.15, 0.2) is 0 Å². The van der Waals surface area contributed by atoms with Gasteiger partial charge in [-0.1, -0.05) is 19.9 Å². The van der Waals surface area contributed by atoms with E-state index < -0.39 is 29.7 Å². The smallest absolute Gasteiger partial charge is 0.418 e. The van der Waals surface area contributed by atoms with Crippen LogP contribution >= 0.6 is 0 Å². The van der Waals surface area contributed by atoms with Crippen molar-refractivity contribution < 1.29 is 27.9 Å². The van der Waals surface area contributed by atoms with Crippen molar-refractivity contribution in [2.45, 2.75) is 32.6 Å². The molecule has 0 heterocycles. The van der Waals surface area contributed by atoms with E-state index in [1.54, 1.807) is 13.8 Å². The highest BCUT2D eigenvalue weighted by Gasteiger charge is 2.35.